The standard InChI is InChI=1S/C22H34N2O2/c25-21-22(26,19-23-15-7-2-1-3-8-16-23)14-10-18-24(21)17-9-13-20-11-5-4-6-12-20/h4-6,11-12,26H,1-3,7-10,13-19H2/t22-/m0/s1. The third-order valence-electron chi connectivity index (χ3n) is 5.87. The molecule has 1 aromatic carbocycles. The fraction of sp³-hybridized carbons (Fsp3) is 0.682. The molecule has 2 heterocycles. The van der Waals surface area contributed by atoms with Gasteiger partial charge in [-0.05, 0) is 57.2 Å². The first kappa shape index (κ1) is 19.4. The maximum Gasteiger partial charge on any atom is 0.255 e. The van der Waals surface area contributed by atoms with Gasteiger partial charge in [-0.25, -0.2) is 0 Å². The van der Waals surface area contributed by atoms with Crippen molar-refractivity contribution < 1.29 is 9.90 Å². The molecule has 2 saturated heterocycles. The summed E-state index contributed by atoms with van der Waals surface area (Å²) in [5.74, 6) is -0.0427. The molecule has 0 spiro atoms. The van der Waals surface area contributed by atoms with Crippen LogP contribution in [0.1, 0.15) is 56.9 Å². The van der Waals surface area contributed by atoms with Gasteiger partial charge in [-0.15, -0.1) is 0 Å². The topological polar surface area (TPSA) is 43.8 Å². The molecule has 0 unspecified atom stereocenters. The number of likely N-dealkylation sites (tertiary alicyclic amines) is 2. The maximum absolute atomic E-state index is 13.0. The molecule has 2 aliphatic rings. The van der Waals surface area contributed by atoms with Gasteiger partial charge in [0.25, 0.3) is 5.91 Å². The predicted octanol–water partition coefficient (Wildman–Crippen LogP) is 3.24. The van der Waals surface area contributed by atoms with Gasteiger partial charge < -0.3 is 10.0 Å². The molecule has 4 nitrogen and oxygen atoms in total. The Morgan fingerprint density at radius 1 is 0.923 bits per heavy atom. The van der Waals surface area contributed by atoms with Crippen LogP contribution in [0.15, 0.2) is 30.3 Å². The maximum atomic E-state index is 13.0. The number of nitrogens with zero attached hydrogens (tertiary/aromatic N) is 2. The highest BCUT2D eigenvalue weighted by molar-refractivity contribution is 5.86. The van der Waals surface area contributed by atoms with Crippen molar-refractivity contribution in [3.05, 3.63) is 35.9 Å². The van der Waals surface area contributed by atoms with E-state index in [1.807, 2.05) is 11.0 Å². The number of piperidine rings is 1. The largest absolute Gasteiger partial charge is 0.379 e. The molecular formula is C22H34N2O2. The van der Waals surface area contributed by atoms with Crippen LogP contribution >= 0.6 is 0 Å². The highest BCUT2D eigenvalue weighted by atomic mass is 16.3. The highest BCUT2D eigenvalue weighted by Crippen LogP contribution is 2.25. The van der Waals surface area contributed by atoms with Crippen LogP contribution in [-0.4, -0.2) is 59.1 Å². The first-order valence-corrected chi connectivity index (χ1v) is 10.5. The number of amides is 1. The Kier molecular flexibility index (Phi) is 7.09. The quantitative estimate of drug-likeness (QED) is 0.849. The zero-order chi connectivity index (χ0) is 18.2. The average molecular weight is 359 g/mol. The summed E-state index contributed by atoms with van der Waals surface area (Å²) in [7, 11) is 0. The zero-order valence-electron chi connectivity index (χ0n) is 16.0. The number of aryl methyl sites for hydroxylation is 1. The van der Waals surface area contributed by atoms with Gasteiger partial charge in [-0.3, -0.25) is 9.69 Å². The molecule has 1 N–H and O–H groups in total. The summed E-state index contributed by atoms with van der Waals surface area (Å²) in [5.41, 5.74) is 0.136. The van der Waals surface area contributed by atoms with Crippen molar-refractivity contribution in [3.8, 4) is 0 Å². The lowest BCUT2D eigenvalue weighted by atomic mass is 9.90. The number of rotatable bonds is 6. The second kappa shape index (κ2) is 9.52. The number of aliphatic hydroxyl groups is 1. The van der Waals surface area contributed by atoms with E-state index in [1.165, 1.54) is 37.7 Å². The number of benzene rings is 1. The molecule has 0 saturated carbocycles. The third kappa shape index (κ3) is 5.31. The Labute approximate surface area is 158 Å². The zero-order valence-corrected chi connectivity index (χ0v) is 16.0. The summed E-state index contributed by atoms with van der Waals surface area (Å²) in [6, 6.07) is 10.4. The normalized spacial score (nSPS) is 25.7. The average Bonchev–Trinajstić information content (AvgIpc) is 2.62. The predicted molar refractivity (Wildman–Crippen MR) is 105 cm³/mol. The number of carbonyl (C=O) groups is 1. The van der Waals surface area contributed by atoms with Gasteiger partial charge in [0.15, 0.2) is 5.60 Å². The second-order valence-corrected chi connectivity index (χ2v) is 8.06. The molecule has 1 amide bonds. The van der Waals surface area contributed by atoms with Crippen molar-refractivity contribution in [3.63, 3.8) is 0 Å². The lowest BCUT2D eigenvalue weighted by Gasteiger charge is -2.41. The SMILES string of the molecule is O=C1N(CCCc2ccccc2)CCC[C@]1(O)CN1CCCCCCC1. The molecular weight excluding hydrogens is 324 g/mol. The molecule has 0 radical (unpaired) electrons. The lowest BCUT2D eigenvalue weighted by Crippen LogP contribution is -2.59. The van der Waals surface area contributed by atoms with Gasteiger partial charge in [0.05, 0.1) is 0 Å². The molecule has 2 aliphatic heterocycles. The molecule has 3 rings (SSSR count). The van der Waals surface area contributed by atoms with Crippen LogP contribution < -0.4 is 0 Å². The summed E-state index contributed by atoms with van der Waals surface area (Å²) in [6.45, 7) is 4.08. The van der Waals surface area contributed by atoms with Crippen LogP contribution in [-0.2, 0) is 11.2 Å². The van der Waals surface area contributed by atoms with E-state index >= 15 is 0 Å². The summed E-state index contributed by atoms with van der Waals surface area (Å²) < 4.78 is 0. The Balaban J connectivity index is 1.52. The summed E-state index contributed by atoms with van der Waals surface area (Å²) >= 11 is 0. The van der Waals surface area contributed by atoms with Crippen molar-refractivity contribution in [2.75, 3.05) is 32.7 Å². The molecule has 0 bridgehead atoms. The first-order valence-electron chi connectivity index (χ1n) is 10.5. The van der Waals surface area contributed by atoms with Crippen molar-refractivity contribution in [1.29, 1.82) is 0 Å². The minimum Gasteiger partial charge on any atom is -0.379 e. The fourth-order valence-electron chi connectivity index (χ4n) is 4.38. The number of hydrogen-bond acceptors (Lipinski definition) is 3. The van der Waals surface area contributed by atoms with Crippen LogP contribution in [0, 0.1) is 0 Å². The third-order valence-corrected chi connectivity index (χ3v) is 5.87. The van der Waals surface area contributed by atoms with Crippen molar-refractivity contribution >= 4 is 5.91 Å². The molecule has 4 heteroatoms. The van der Waals surface area contributed by atoms with E-state index in [9.17, 15) is 9.90 Å². The van der Waals surface area contributed by atoms with Crippen LogP contribution in [0.3, 0.4) is 0 Å². The second-order valence-electron chi connectivity index (χ2n) is 8.06. The van der Waals surface area contributed by atoms with E-state index in [0.717, 1.165) is 45.4 Å². The number of β-amino-alcohol motifs (C(OH)–C–C–N with tert-alkyl or cyclic N) is 1. The molecule has 0 aliphatic carbocycles. The Morgan fingerprint density at radius 3 is 2.35 bits per heavy atom. The van der Waals surface area contributed by atoms with Gasteiger partial charge in [-0.2, -0.15) is 0 Å². The summed E-state index contributed by atoms with van der Waals surface area (Å²) in [6.07, 6.45) is 9.69. The van der Waals surface area contributed by atoms with Gasteiger partial charge in [-0.1, -0.05) is 49.6 Å². The van der Waals surface area contributed by atoms with Crippen molar-refractivity contribution in [2.24, 2.45) is 0 Å². The highest BCUT2D eigenvalue weighted by Gasteiger charge is 2.43. The van der Waals surface area contributed by atoms with Crippen LogP contribution in [0.2, 0.25) is 0 Å². The van der Waals surface area contributed by atoms with E-state index in [4.69, 9.17) is 0 Å². The molecule has 26 heavy (non-hydrogen) atoms. The molecule has 1 atom stereocenters. The summed E-state index contributed by atoms with van der Waals surface area (Å²) in [4.78, 5) is 17.2. The minimum atomic E-state index is -1.18. The van der Waals surface area contributed by atoms with Crippen LogP contribution in [0.5, 0.6) is 0 Å². The van der Waals surface area contributed by atoms with Gasteiger partial charge >= 0.3 is 0 Å². The Bertz CT molecular complexity index is 555. The lowest BCUT2D eigenvalue weighted by molar-refractivity contribution is -0.159. The van der Waals surface area contributed by atoms with Crippen LogP contribution in [0.25, 0.3) is 0 Å². The van der Waals surface area contributed by atoms with Crippen molar-refractivity contribution in [2.45, 2.75) is 63.4 Å². The van der Waals surface area contributed by atoms with Crippen molar-refractivity contribution in [1.82, 2.24) is 9.80 Å². The number of carbonyl (C=O) groups excluding carboxylic acids is 1. The van der Waals surface area contributed by atoms with Gasteiger partial charge in [0.1, 0.15) is 0 Å². The monoisotopic (exact) mass is 358 g/mol. The van der Waals surface area contributed by atoms with Gasteiger partial charge in [0, 0.05) is 19.6 Å². The van der Waals surface area contributed by atoms with E-state index in [1.54, 1.807) is 0 Å². The Morgan fingerprint density at radius 2 is 1.62 bits per heavy atom. The Hall–Kier alpha value is -1.39. The van der Waals surface area contributed by atoms with E-state index in [2.05, 4.69) is 29.2 Å². The molecule has 0 aromatic heterocycles. The minimum absolute atomic E-state index is 0.0427. The fourth-order valence-corrected chi connectivity index (χ4v) is 4.38. The molecule has 144 valence electrons. The molecule has 2 fully saturated rings. The van der Waals surface area contributed by atoms with Gasteiger partial charge in [0.2, 0.25) is 0 Å². The van der Waals surface area contributed by atoms with E-state index < -0.39 is 5.60 Å². The van der Waals surface area contributed by atoms with E-state index in [-0.39, 0.29) is 5.91 Å². The number of hydrogen-bond donors (Lipinski definition) is 1. The van der Waals surface area contributed by atoms with E-state index in [0.29, 0.717) is 13.0 Å². The van der Waals surface area contributed by atoms with Crippen LogP contribution in [0.4, 0.5) is 0 Å². The smallest absolute Gasteiger partial charge is 0.255 e. The molecule has 1 aromatic rings. The summed E-state index contributed by atoms with van der Waals surface area (Å²) in [5, 5.41) is 11.1. The first-order chi connectivity index (χ1) is 12.7.